The molecule has 1 heterocycles. The van der Waals surface area contributed by atoms with Gasteiger partial charge in [0.1, 0.15) is 0 Å². The smallest absolute Gasteiger partial charge is 0.0406 e. The molecule has 0 N–H and O–H groups in total. The van der Waals surface area contributed by atoms with Gasteiger partial charge in [0.2, 0.25) is 0 Å². The molecule has 1 saturated heterocycles. The van der Waals surface area contributed by atoms with E-state index >= 15 is 0 Å². The lowest BCUT2D eigenvalue weighted by Crippen LogP contribution is -2.50. The van der Waals surface area contributed by atoms with Crippen LogP contribution in [0, 0.1) is 0 Å². The molecular formula is C24H27ClN2. The molecule has 27 heavy (non-hydrogen) atoms. The minimum atomic E-state index is 0.0565. The second-order valence-electron chi connectivity index (χ2n) is 7.69. The lowest BCUT2D eigenvalue weighted by Gasteiger charge is -2.41. The molecule has 2 nitrogen and oxygen atoms in total. The number of allylic oxidation sites excluding steroid dienone is 3. The number of hydrogen-bond donors (Lipinski definition) is 0. The van der Waals surface area contributed by atoms with E-state index in [2.05, 4.69) is 76.6 Å². The Morgan fingerprint density at radius 2 is 1.52 bits per heavy atom. The van der Waals surface area contributed by atoms with Crippen LogP contribution in [0.25, 0.3) is 0 Å². The van der Waals surface area contributed by atoms with Crippen LogP contribution in [0.5, 0.6) is 0 Å². The van der Waals surface area contributed by atoms with E-state index in [1.54, 1.807) is 0 Å². The molecule has 1 atom stereocenters. The molecule has 140 valence electrons. The Kier molecular flexibility index (Phi) is 5.77. The number of rotatable bonds is 5. The van der Waals surface area contributed by atoms with Gasteiger partial charge in [-0.2, -0.15) is 0 Å². The maximum atomic E-state index is 6.12. The minimum absolute atomic E-state index is 0.0565. The zero-order chi connectivity index (χ0) is 18.5. The van der Waals surface area contributed by atoms with Crippen LogP contribution in [0.4, 0.5) is 0 Å². The largest absolute Gasteiger partial charge is 0.300 e. The molecule has 0 bridgehead atoms. The molecule has 0 unspecified atom stereocenters. The van der Waals surface area contributed by atoms with E-state index in [4.69, 9.17) is 11.6 Å². The molecule has 0 saturated carbocycles. The van der Waals surface area contributed by atoms with Crippen LogP contribution >= 0.6 is 11.6 Å². The molecule has 0 aromatic heterocycles. The van der Waals surface area contributed by atoms with Crippen LogP contribution in [-0.4, -0.2) is 42.5 Å². The normalized spacial score (nSPS) is 23.6. The summed E-state index contributed by atoms with van der Waals surface area (Å²) in [5, 5.41) is 0.804. The number of piperazine rings is 1. The number of halogens is 1. The predicted octanol–water partition coefficient (Wildman–Crippen LogP) is 4.91. The van der Waals surface area contributed by atoms with Crippen molar-refractivity contribution in [2.24, 2.45) is 0 Å². The third-order valence-corrected chi connectivity index (χ3v) is 6.04. The summed E-state index contributed by atoms with van der Waals surface area (Å²) in [7, 11) is 0. The summed E-state index contributed by atoms with van der Waals surface area (Å²) in [6, 6.07) is 19.2. The molecule has 1 aliphatic carbocycles. The summed E-state index contributed by atoms with van der Waals surface area (Å²) >= 11 is 6.12. The molecule has 0 amide bonds. The first-order chi connectivity index (χ1) is 13.2. The van der Waals surface area contributed by atoms with Gasteiger partial charge in [-0.15, -0.1) is 0 Å². The van der Waals surface area contributed by atoms with E-state index in [0.717, 1.165) is 50.7 Å². The number of benzene rings is 2. The highest BCUT2D eigenvalue weighted by molar-refractivity contribution is 6.30. The Bertz CT molecular complexity index is 789. The Labute approximate surface area is 167 Å². The first kappa shape index (κ1) is 18.5. The van der Waals surface area contributed by atoms with Crippen LogP contribution in [0.2, 0.25) is 5.02 Å². The summed E-state index contributed by atoms with van der Waals surface area (Å²) in [4.78, 5) is 5.19. The molecule has 2 aliphatic rings. The van der Waals surface area contributed by atoms with E-state index in [1.165, 1.54) is 11.1 Å². The molecule has 0 spiro atoms. The third kappa shape index (κ3) is 4.52. The van der Waals surface area contributed by atoms with Crippen LogP contribution in [-0.2, 0) is 12.0 Å². The standard InChI is InChI=1S/C24H27ClN2/c25-23-11-9-22(10-12-23)24(13-5-2-6-14-24)20-27-17-15-26(16-18-27)19-21-7-3-1-4-8-21/h1-13H,14-20H2/t24-/m1/s1. The van der Waals surface area contributed by atoms with Gasteiger partial charge < -0.3 is 0 Å². The van der Waals surface area contributed by atoms with Gasteiger partial charge in [0.25, 0.3) is 0 Å². The first-order valence-corrected chi connectivity index (χ1v) is 10.2. The van der Waals surface area contributed by atoms with Gasteiger partial charge in [-0.25, -0.2) is 0 Å². The van der Waals surface area contributed by atoms with Crippen molar-refractivity contribution in [3.8, 4) is 0 Å². The summed E-state index contributed by atoms with van der Waals surface area (Å²) in [6.45, 7) is 6.63. The van der Waals surface area contributed by atoms with Gasteiger partial charge in [0.05, 0.1) is 0 Å². The highest BCUT2D eigenvalue weighted by Crippen LogP contribution is 2.34. The van der Waals surface area contributed by atoms with E-state index in [-0.39, 0.29) is 5.41 Å². The quantitative estimate of drug-likeness (QED) is 0.729. The Morgan fingerprint density at radius 1 is 0.815 bits per heavy atom. The predicted molar refractivity (Wildman–Crippen MR) is 114 cm³/mol. The summed E-state index contributed by atoms with van der Waals surface area (Å²) in [5.41, 5.74) is 2.82. The van der Waals surface area contributed by atoms with Gasteiger partial charge in [-0.05, 0) is 29.7 Å². The molecule has 4 rings (SSSR count). The van der Waals surface area contributed by atoms with Gasteiger partial charge in [0, 0.05) is 49.7 Å². The van der Waals surface area contributed by atoms with Crippen molar-refractivity contribution in [2.75, 3.05) is 32.7 Å². The average molecular weight is 379 g/mol. The molecule has 1 aliphatic heterocycles. The maximum absolute atomic E-state index is 6.12. The van der Waals surface area contributed by atoms with Crippen LogP contribution in [0.15, 0.2) is 78.9 Å². The van der Waals surface area contributed by atoms with Crippen molar-refractivity contribution in [3.63, 3.8) is 0 Å². The summed E-state index contributed by atoms with van der Waals surface area (Å²) < 4.78 is 0. The van der Waals surface area contributed by atoms with Crippen molar-refractivity contribution in [1.29, 1.82) is 0 Å². The Hall–Kier alpha value is -1.87. The molecular weight excluding hydrogens is 352 g/mol. The Balaban J connectivity index is 1.40. The zero-order valence-electron chi connectivity index (χ0n) is 15.7. The SMILES string of the molecule is Clc1ccc([C@]2(CN3CCN(Cc4ccccc4)CC3)C=CC=CC2)cc1. The molecule has 2 aromatic rings. The second kappa shape index (κ2) is 8.43. The topological polar surface area (TPSA) is 6.48 Å². The first-order valence-electron chi connectivity index (χ1n) is 9.83. The zero-order valence-corrected chi connectivity index (χ0v) is 16.5. The lowest BCUT2D eigenvalue weighted by atomic mass is 9.75. The third-order valence-electron chi connectivity index (χ3n) is 5.78. The lowest BCUT2D eigenvalue weighted by molar-refractivity contribution is 0.112. The van der Waals surface area contributed by atoms with Crippen molar-refractivity contribution in [3.05, 3.63) is 95.1 Å². The van der Waals surface area contributed by atoms with Crippen LogP contribution < -0.4 is 0 Å². The van der Waals surface area contributed by atoms with Crippen molar-refractivity contribution >= 4 is 11.6 Å². The van der Waals surface area contributed by atoms with Gasteiger partial charge in [0.15, 0.2) is 0 Å². The fourth-order valence-electron chi connectivity index (χ4n) is 4.22. The number of hydrogen-bond acceptors (Lipinski definition) is 2. The van der Waals surface area contributed by atoms with E-state index < -0.39 is 0 Å². The molecule has 2 aromatic carbocycles. The van der Waals surface area contributed by atoms with Crippen LogP contribution in [0.1, 0.15) is 17.5 Å². The van der Waals surface area contributed by atoms with Crippen molar-refractivity contribution in [1.82, 2.24) is 9.80 Å². The number of nitrogens with zero attached hydrogens (tertiary/aromatic N) is 2. The molecule has 1 fully saturated rings. The maximum Gasteiger partial charge on any atom is 0.0406 e. The van der Waals surface area contributed by atoms with E-state index in [0.29, 0.717) is 0 Å². The average Bonchev–Trinajstić information content (AvgIpc) is 2.71. The van der Waals surface area contributed by atoms with Crippen molar-refractivity contribution in [2.45, 2.75) is 18.4 Å². The van der Waals surface area contributed by atoms with Crippen LogP contribution in [0.3, 0.4) is 0 Å². The Morgan fingerprint density at radius 3 is 2.19 bits per heavy atom. The van der Waals surface area contributed by atoms with Gasteiger partial charge >= 0.3 is 0 Å². The summed E-state index contributed by atoms with van der Waals surface area (Å²) in [6.07, 6.45) is 10.1. The fourth-order valence-corrected chi connectivity index (χ4v) is 4.34. The van der Waals surface area contributed by atoms with Gasteiger partial charge in [-0.1, -0.05) is 78.4 Å². The highest BCUT2D eigenvalue weighted by Gasteiger charge is 2.32. The monoisotopic (exact) mass is 378 g/mol. The fraction of sp³-hybridized carbons (Fsp3) is 0.333. The molecule has 3 heteroatoms. The molecule has 0 radical (unpaired) electrons. The highest BCUT2D eigenvalue weighted by atomic mass is 35.5. The van der Waals surface area contributed by atoms with Crippen molar-refractivity contribution < 1.29 is 0 Å². The van der Waals surface area contributed by atoms with E-state index in [1.807, 2.05) is 12.1 Å². The minimum Gasteiger partial charge on any atom is -0.300 e. The second-order valence-corrected chi connectivity index (χ2v) is 8.13. The van der Waals surface area contributed by atoms with E-state index in [9.17, 15) is 0 Å². The van der Waals surface area contributed by atoms with Gasteiger partial charge in [-0.3, -0.25) is 9.80 Å². The summed E-state index contributed by atoms with van der Waals surface area (Å²) in [5.74, 6) is 0.